The van der Waals surface area contributed by atoms with E-state index in [9.17, 15) is 50.3 Å². The first-order valence-electron chi connectivity index (χ1n) is 20.1. The Labute approximate surface area is 377 Å². The van der Waals surface area contributed by atoms with E-state index < -0.39 is 84.0 Å². The van der Waals surface area contributed by atoms with Crippen LogP contribution in [-0.2, 0) is 52.8 Å². The summed E-state index contributed by atoms with van der Waals surface area (Å²) in [6, 6.07) is 17.5. The summed E-state index contributed by atoms with van der Waals surface area (Å²) in [6.07, 6.45) is -8.93. The topological polar surface area (TPSA) is 349 Å². The minimum atomic E-state index is -5.08. The molecule has 1 spiro atoms. The van der Waals surface area contributed by atoms with Gasteiger partial charge in [-0.2, -0.15) is 26.3 Å². The summed E-state index contributed by atoms with van der Waals surface area (Å²) in [4.78, 5) is 95.3. The predicted molar refractivity (Wildman–Crippen MR) is 228 cm³/mol. The zero-order valence-electron chi connectivity index (χ0n) is 35.4. The first kappa shape index (κ1) is 53.7. The van der Waals surface area contributed by atoms with Crippen LogP contribution in [0.1, 0.15) is 42.4 Å². The standard InChI is InChI=1S/C37H47N11O5.2C2HF3O2/c38-35(39)42-15-5-11-27-32(51)46-29(18-22-13-14-23-7-1-2-8-24(23)17-22)31(50)44-21-30(49)48-37(19-25-9-3-4-10-26(25)20-37)34(53)47-28(33(52)45-27)12-6-16-43-36(40)41;2*3-2(4,5)1(6)7/h1-4,7-10,13-14,17,27-29H,5-6,11-12,15-16,18-21H2,(H,44,50)(H,45,52)(H,46,51)(H,47,53)(H,48,49)(H4,38,39,42)(H4,40,41,43);2*(H,6,7)/t27-,28-,29-;;/m0../s1. The van der Waals surface area contributed by atoms with Crippen LogP contribution in [0, 0.1) is 0 Å². The lowest BCUT2D eigenvalue weighted by Gasteiger charge is -2.31. The highest BCUT2D eigenvalue weighted by atomic mass is 19.4. The fourth-order valence-corrected chi connectivity index (χ4v) is 6.72. The quantitative estimate of drug-likeness (QED) is 0.0552. The average Bonchev–Trinajstić information content (AvgIpc) is 3.63. The molecule has 5 rings (SSSR count). The van der Waals surface area contributed by atoms with Gasteiger partial charge in [-0.05, 0) is 53.1 Å². The molecule has 3 atom stereocenters. The molecule has 364 valence electrons. The third kappa shape index (κ3) is 17.3. The van der Waals surface area contributed by atoms with Gasteiger partial charge in [-0.1, -0.05) is 66.7 Å². The second-order valence-corrected chi connectivity index (χ2v) is 15.0. The highest BCUT2D eigenvalue weighted by Gasteiger charge is 2.46. The number of hydrogen-bond donors (Lipinski definition) is 11. The van der Waals surface area contributed by atoms with E-state index >= 15 is 0 Å². The van der Waals surface area contributed by atoms with Crippen LogP contribution in [0.25, 0.3) is 10.8 Å². The van der Waals surface area contributed by atoms with Gasteiger partial charge in [-0.15, -0.1) is 0 Å². The number of carbonyl (C=O) groups excluding carboxylic acids is 5. The number of nitrogens with two attached hydrogens (primary N) is 4. The van der Waals surface area contributed by atoms with E-state index in [-0.39, 0.29) is 57.1 Å². The van der Waals surface area contributed by atoms with Crippen molar-refractivity contribution in [2.75, 3.05) is 19.6 Å². The minimum absolute atomic E-state index is 0.0887. The van der Waals surface area contributed by atoms with E-state index in [1.165, 1.54) is 0 Å². The average molecular weight is 954 g/mol. The molecule has 67 heavy (non-hydrogen) atoms. The van der Waals surface area contributed by atoms with Crippen molar-refractivity contribution >= 4 is 64.2 Å². The molecule has 0 aromatic heterocycles. The van der Waals surface area contributed by atoms with Crippen molar-refractivity contribution < 1.29 is 70.1 Å². The second-order valence-electron chi connectivity index (χ2n) is 15.0. The lowest BCUT2D eigenvalue weighted by Crippen LogP contribution is -2.64. The molecule has 0 saturated carbocycles. The minimum Gasteiger partial charge on any atom is -0.475 e. The molecular formula is C41H49F6N11O9. The lowest BCUT2D eigenvalue weighted by atomic mass is 9.93. The Kier molecular flexibility index (Phi) is 19.2. The zero-order valence-corrected chi connectivity index (χ0v) is 35.4. The SMILES string of the molecule is NC(N)=NCCC[C@@H]1NC(=O)[C@H](CCCN=C(N)N)NC(=O)C2(Cc3ccccc3C2)NC(=O)CNC(=O)[C@H](Cc2ccc3ccccc3c2)NC1=O.O=C(O)C(F)(F)F.O=C(O)C(F)(F)F. The maximum atomic E-state index is 14.2. The summed E-state index contributed by atoms with van der Waals surface area (Å²) in [5, 5.41) is 30.2. The Hall–Kier alpha value is -7.67. The number of nitrogens with zero attached hydrogens (tertiary/aromatic N) is 2. The highest BCUT2D eigenvalue weighted by Crippen LogP contribution is 2.31. The zero-order chi connectivity index (χ0) is 50.1. The van der Waals surface area contributed by atoms with Gasteiger partial charge < -0.3 is 59.7 Å². The van der Waals surface area contributed by atoms with Crippen LogP contribution in [-0.4, -0.2) is 119 Å². The highest BCUT2D eigenvalue weighted by molar-refractivity contribution is 5.99. The molecule has 15 N–H and O–H groups in total. The molecule has 0 bridgehead atoms. The monoisotopic (exact) mass is 953 g/mol. The number of carbonyl (C=O) groups is 7. The van der Waals surface area contributed by atoms with Crippen molar-refractivity contribution in [2.45, 2.75) is 81.0 Å². The number of rotatable bonds is 10. The number of nitrogens with one attached hydrogen (secondary N) is 5. The molecule has 26 heteroatoms. The fraction of sp³-hybridized carbons (Fsp3) is 0.390. The van der Waals surface area contributed by atoms with E-state index in [2.05, 4.69) is 36.6 Å². The number of halogens is 6. The van der Waals surface area contributed by atoms with Crippen molar-refractivity contribution in [1.82, 2.24) is 26.6 Å². The Morgan fingerprint density at radius 1 is 0.642 bits per heavy atom. The smallest absolute Gasteiger partial charge is 0.475 e. The molecule has 1 aliphatic heterocycles. The van der Waals surface area contributed by atoms with Crippen LogP contribution in [0.2, 0.25) is 0 Å². The molecular weight excluding hydrogens is 905 g/mol. The number of guanidine groups is 2. The summed E-state index contributed by atoms with van der Waals surface area (Å²) < 4.78 is 63.5. The summed E-state index contributed by atoms with van der Waals surface area (Å²) in [6.45, 7) is -0.101. The molecule has 1 heterocycles. The van der Waals surface area contributed by atoms with Crippen LogP contribution >= 0.6 is 0 Å². The van der Waals surface area contributed by atoms with Crippen LogP contribution in [0.4, 0.5) is 26.3 Å². The maximum absolute atomic E-state index is 14.2. The van der Waals surface area contributed by atoms with Crippen molar-refractivity contribution in [2.24, 2.45) is 32.9 Å². The van der Waals surface area contributed by atoms with Gasteiger partial charge in [0.25, 0.3) is 0 Å². The van der Waals surface area contributed by atoms with E-state index in [0.717, 1.165) is 27.5 Å². The van der Waals surface area contributed by atoms with Gasteiger partial charge >= 0.3 is 24.3 Å². The van der Waals surface area contributed by atoms with Crippen LogP contribution in [0.15, 0.2) is 76.7 Å². The molecule has 1 aliphatic carbocycles. The van der Waals surface area contributed by atoms with Gasteiger partial charge in [0.1, 0.15) is 23.7 Å². The van der Waals surface area contributed by atoms with Gasteiger partial charge in [0.15, 0.2) is 11.9 Å². The van der Waals surface area contributed by atoms with Gasteiger partial charge in [0.2, 0.25) is 29.5 Å². The number of fused-ring (bicyclic) bond motifs is 2. The van der Waals surface area contributed by atoms with Gasteiger partial charge in [0.05, 0.1) is 6.54 Å². The number of carboxylic acids is 2. The number of aliphatic imine (C=N–C) groups is 2. The molecule has 1 fully saturated rings. The van der Waals surface area contributed by atoms with Crippen molar-refractivity contribution in [3.05, 3.63) is 83.4 Å². The lowest BCUT2D eigenvalue weighted by molar-refractivity contribution is -0.193. The number of aliphatic carboxylic acids is 2. The molecule has 3 aromatic carbocycles. The van der Waals surface area contributed by atoms with Crippen LogP contribution in [0.5, 0.6) is 0 Å². The van der Waals surface area contributed by atoms with Crippen LogP contribution in [0.3, 0.4) is 0 Å². The number of hydrogen-bond acceptors (Lipinski definition) is 9. The van der Waals surface area contributed by atoms with Gasteiger partial charge in [-0.3, -0.25) is 34.0 Å². The normalized spacial score (nSPS) is 18.5. The van der Waals surface area contributed by atoms with Crippen LogP contribution < -0.4 is 49.5 Å². The van der Waals surface area contributed by atoms with Gasteiger partial charge in [0, 0.05) is 32.4 Å². The second kappa shape index (κ2) is 24.0. The number of alkyl halides is 6. The van der Waals surface area contributed by atoms with Crippen molar-refractivity contribution in [3.63, 3.8) is 0 Å². The molecule has 20 nitrogen and oxygen atoms in total. The molecule has 3 aromatic rings. The van der Waals surface area contributed by atoms with Crippen molar-refractivity contribution in [3.8, 4) is 0 Å². The maximum Gasteiger partial charge on any atom is 0.490 e. The third-order valence-corrected chi connectivity index (χ3v) is 9.86. The summed E-state index contributed by atoms with van der Waals surface area (Å²) in [5.41, 5.74) is 23.0. The predicted octanol–water partition coefficient (Wildman–Crippen LogP) is -0.00590. The largest absolute Gasteiger partial charge is 0.490 e. The Morgan fingerprint density at radius 2 is 1.09 bits per heavy atom. The summed E-state index contributed by atoms with van der Waals surface area (Å²) in [7, 11) is 0. The molecule has 1 saturated heterocycles. The molecule has 5 amide bonds. The Bertz CT molecular complexity index is 2290. The number of amides is 5. The first-order valence-corrected chi connectivity index (χ1v) is 20.1. The molecule has 0 unspecified atom stereocenters. The number of benzene rings is 3. The molecule has 2 aliphatic rings. The van der Waals surface area contributed by atoms with E-state index in [1.54, 1.807) is 0 Å². The number of carboxylic acid groups (broad SMARTS) is 2. The Balaban J connectivity index is 0.000000737. The summed E-state index contributed by atoms with van der Waals surface area (Å²) in [5.74, 6) is -8.87. The fourth-order valence-electron chi connectivity index (χ4n) is 6.72. The molecule has 0 radical (unpaired) electrons. The Morgan fingerprint density at radius 3 is 1.57 bits per heavy atom. The van der Waals surface area contributed by atoms with E-state index in [0.29, 0.717) is 12.8 Å². The van der Waals surface area contributed by atoms with Gasteiger partial charge in [-0.25, -0.2) is 9.59 Å². The summed E-state index contributed by atoms with van der Waals surface area (Å²) >= 11 is 0. The third-order valence-electron chi connectivity index (χ3n) is 9.86. The van der Waals surface area contributed by atoms with Crippen molar-refractivity contribution in [1.29, 1.82) is 0 Å². The van der Waals surface area contributed by atoms with E-state index in [1.807, 2.05) is 66.7 Å². The first-order chi connectivity index (χ1) is 31.3. The van der Waals surface area contributed by atoms with E-state index in [4.69, 9.17) is 42.7 Å².